The molecule has 2 heterocycles. The van der Waals surface area contributed by atoms with Crippen molar-refractivity contribution in [3.8, 4) is 11.1 Å². The predicted octanol–water partition coefficient (Wildman–Crippen LogP) is -1.75. The van der Waals surface area contributed by atoms with Crippen molar-refractivity contribution in [2.24, 2.45) is 10.9 Å². The van der Waals surface area contributed by atoms with Crippen LogP contribution < -0.4 is 21.3 Å². The summed E-state index contributed by atoms with van der Waals surface area (Å²) in [5, 5.41) is 18.7. The Hall–Kier alpha value is -2.76. The molecule has 0 spiro atoms. The van der Waals surface area contributed by atoms with Crippen LogP contribution in [0.4, 0.5) is 5.82 Å². The van der Waals surface area contributed by atoms with Crippen molar-refractivity contribution in [2.75, 3.05) is 11.9 Å². The standard InChI is InChI=1S/C13H15N5O5S/c14-5-3-11(19)17-10-2-1-8(7-16-10)9-4-6-18(24(15,22)23)12(9)13(20)21/h1-2,4,6-7H,3,5,14H2,(H,20,21)(H2,15,22,23)(H,16,17,19)/p-1. The maximum absolute atomic E-state index is 11.4. The van der Waals surface area contributed by atoms with E-state index in [0.29, 0.717) is 9.54 Å². The zero-order valence-corrected chi connectivity index (χ0v) is 13.1. The predicted molar refractivity (Wildman–Crippen MR) is 82.8 cm³/mol. The Morgan fingerprint density at radius 2 is 2.00 bits per heavy atom. The van der Waals surface area contributed by atoms with Gasteiger partial charge < -0.3 is 21.0 Å². The molecule has 0 radical (unpaired) electrons. The van der Waals surface area contributed by atoms with Crippen LogP contribution in [0.3, 0.4) is 0 Å². The van der Waals surface area contributed by atoms with Crippen LogP contribution in [0.5, 0.6) is 0 Å². The molecule has 0 aromatic carbocycles. The van der Waals surface area contributed by atoms with Gasteiger partial charge in [0, 0.05) is 36.5 Å². The number of nitrogens with one attached hydrogen (secondary N) is 1. The summed E-state index contributed by atoms with van der Waals surface area (Å²) in [6.07, 6.45) is 2.43. The zero-order valence-electron chi connectivity index (χ0n) is 12.3. The number of nitrogens with zero attached hydrogens (tertiary/aromatic N) is 2. The number of hydrogen-bond acceptors (Lipinski definition) is 7. The third-order valence-electron chi connectivity index (χ3n) is 3.03. The van der Waals surface area contributed by atoms with E-state index in [9.17, 15) is 23.1 Å². The normalized spacial score (nSPS) is 11.2. The van der Waals surface area contributed by atoms with Crippen molar-refractivity contribution in [3.05, 3.63) is 36.3 Å². The molecular formula is C13H14N5O5S-. The monoisotopic (exact) mass is 352 g/mol. The first kappa shape index (κ1) is 17.6. The zero-order chi connectivity index (χ0) is 17.9. The quantitative estimate of drug-likeness (QED) is 0.552. The Kier molecular flexibility index (Phi) is 4.97. The summed E-state index contributed by atoms with van der Waals surface area (Å²) >= 11 is 0. The molecule has 10 nitrogen and oxygen atoms in total. The molecule has 24 heavy (non-hydrogen) atoms. The fourth-order valence-corrected chi connectivity index (χ4v) is 2.68. The first-order chi connectivity index (χ1) is 11.2. The fourth-order valence-electron chi connectivity index (χ4n) is 2.02. The molecule has 0 saturated heterocycles. The van der Waals surface area contributed by atoms with E-state index in [1.54, 1.807) is 0 Å². The molecule has 0 fully saturated rings. The van der Waals surface area contributed by atoms with Crippen molar-refractivity contribution in [1.82, 2.24) is 8.96 Å². The summed E-state index contributed by atoms with van der Waals surface area (Å²) in [5.41, 5.74) is 5.03. The lowest BCUT2D eigenvalue weighted by Crippen LogP contribution is -2.31. The van der Waals surface area contributed by atoms with Crippen LogP contribution in [0.2, 0.25) is 0 Å². The highest BCUT2D eigenvalue weighted by Gasteiger charge is 2.18. The van der Waals surface area contributed by atoms with Gasteiger partial charge in [-0.15, -0.1) is 0 Å². The van der Waals surface area contributed by atoms with Gasteiger partial charge in [0.15, 0.2) is 0 Å². The van der Waals surface area contributed by atoms with Gasteiger partial charge in [0.1, 0.15) is 5.82 Å². The highest BCUT2D eigenvalue weighted by Crippen LogP contribution is 2.25. The van der Waals surface area contributed by atoms with Crippen LogP contribution in [0.25, 0.3) is 11.1 Å². The average molecular weight is 352 g/mol. The molecule has 0 atom stereocenters. The lowest BCUT2D eigenvalue weighted by atomic mass is 10.1. The first-order valence-electron chi connectivity index (χ1n) is 6.66. The summed E-state index contributed by atoms with van der Waals surface area (Å²) < 4.78 is 23.2. The van der Waals surface area contributed by atoms with Gasteiger partial charge in [0.05, 0.1) is 11.7 Å². The Morgan fingerprint density at radius 1 is 1.29 bits per heavy atom. The molecule has 11 heteroatoms. The number of rotatable bonds is 6. The van der Waals surface area contributed by atoms with Gasteiger partial charge >= 0.3 is 10.2 Å². The molecule has 0 aliphatic rings. The van der Waals surface area contributed by atoms with E-state index in [0.717, 1.165) is 6.20 Å². The molecule has 2 aromatic heterocycles. The van der Waals surface area contributed by atoms with E-state index in [1.807, 2.05) is 0 Å². The molecule has 128 valence electrons. The molecule has 1 amide bonds. The van der Waals surface area contributed by atoms with Gasteiger partial charge in [0.2, 0.25) is 5.91 Å². The lowest BCUT2D eigenvalue weighted by molar-refractivity contribution is -0.255. The number of hydrogen-bond donors (Lipinski definition) is 3. The Bertz CT molecular complexity index is 873. The minimum absolute atomic E-state index is 0.0661. The second-order valence-electron chi connectivity index (χ2n) is 4.73. The number of anilines is 1. The summed E-state index contributed by atoms with van der Waals surface area (Å²) in [6, 6.07) is 4.18. The topological polar surface area (TPSA) is 173 Å². The Balaban J connectivity index is 2.38. The summed E-state index contributed by atoms with van der Waals surface area (Å²) in [4.78, 5) is 26.7. The second kappa shape index (κ2) is 6.78. The van der Waals surface area contributed by atoms with Gasteiger partial charge in [-0.2, -0.15) is 8.42 Å². The van der Waals surface area contributed by atoms with Crippen molar-refractivity contribution in [3.63, 3.8) is 0 Å². The van der Waals surface area contributed by atoms with E-state index in [-0.39, 0.29) is 30.3 Å². The molecule has 0 aliphatic heterocycles. The van der Waals surface area contributed by atoms with E-state index in [4.69, 9.17) is 10.9 Å². The Labute approximate surface area is 137 Å². The van der Waals surface area contributed by atoms with Crippen molar-refractivity contribution in [2.45, 2.75) is 6.42 Å². The average Bonchev–Trinajstić information content (AvgIpc) is 2.93. The van der Waals surface area contributed by atoms with Crippen LogP contribution in [0.15, 0.2) is 30.6 Å². The number of carboxylic acids is 1. The van der Waals surface area contributed by atoms with Gasteiger partial charge in [-0.05, 0) is 18.2 Å². The largest absolute Gasteiger partial charge is 0.543 e. The number of pyridine rings is 1. The molecule has 0 aliphatic carbocycles. The molecule has 2 aromatic rings. The number of aromatic carboxylic acids is 1. The van der Waals surface area contributed by atoms with Crippen molar-refractivity contribution >= 4 is 27.9 Å². The second-order valence-corrected chi connectivity index (χ2v) is 6.15. The van der Waals surface area contributed by atoms with Crippen LogP contribution in [-0.4, -0.2) is 35.8 Å². The minimum atomic E-state index is -4.29. The van der Waals surface area contributed by atoms with Gasteiger partial charge in [-0.3, -0.25) is 4.79 Å². The molecule has 5 N–H and O–H groups in total. The number of carbonyl (C=O) groups is 2. The first-order valence-corrected chi connectivity index (χ1v) is 8.16. The maximum atomic E-state index is 11.4. The minimum Gasteiger partial charge on any atom is -0.543 e. The molecule has 2 rings (SSSR count). The summed E-state index contributed by atoms with van der Waals surface area (Å²) in [5.74, 6) is -1.77. The molecule has 0 saturated carbocycles. The number of aromatic nitrogens is 2. The van der Waals surface area contributed by atoms with Crippen LogP contribution in [0, 0.1) is 0 Å². The highest BCUT2D eigenvalue weighted by molar-refractivity contribution is 7.87. The van der Waals surface area contributed by atoms with E-state index >= 15 is 0 Å². The van der Waals surface area contributed by atoms with Gasteiger partial charge in [-0.25, -0.2) is 14.1 Å². The SMILES string of the molecule is NCCC(=O)Nc1ccc(-c2ccn(S(N)(=O)=O)c2C(=O)[O-])cn1. The number of nitrogens with two attached hydrogens (primary N) is 2. The maximum Gasteiger partial charge on any atom is 0.302 e. The number of carboxylic acid groups (broad SMARTS) is 1. The van der Waals surface area contributed by atoms with Crippen LogP contribution in [0.1, 0.15) is 16.9 Å². The Morgan fingerprint density at radius 3 is 2.50 bits per heavy atom. The van der Waals surface area contributed by atoms with Gasteiger partial charge in [0.25, 0.3) is 0 Å². The highest BCUT2D eigenvalue weighted by atomic mass is 32.2. The third-order valence-corrected chi connectivity index (χ3v) is 3.89. The molecule has 0 bridgehead atoms. The van der Waals surface area contributed by atoms with Crippen molar-refractivity contribution < 1.29 is 23.1 Å². The molecular weight excluding hydrogens is 338 g/mol. The van der Waals surface area contributed by atoms with Gasteiger partial charge in [-0.1, -0.05) is 0 Å². The summed E-state index contributed by atoms with van der Waals surface area (Å²) in [6.45, 7) is 0.194. The molecule has 0 unspecified atom stereocenters. The number of amides is 1. The van der Waals surface area contributed by atoms with Crippen LogP contribution in [-0.2, 0) is 15.0 Å². The number of carbonyl (C=O) groups excluding carboxylic acids is 2. The van der Waals surface area contributed by atoms with Crippen LogP contribution >= 0.6 is 0 Å². The van der Waals surface area contributed by atoms with Crippen molar-refractivity contribution in [1.29, 1.82) is 0 Å². The van der Waals surface area contributed by atoms with E-state index in [2.05, 4.69) is 10.3 Å². The van der Waals surface area contributed by atoms with E-state index < -0.39 is 21.9 Å². The van der Waals surface area contributed by atoms with E-state index in [1.165, 1.54) is 24.4 Å². The third kappa shape index (κ3) is 3.76. The smallest absolute Gasteiger partial charge is 0.302 e. The lowest BCUT2D eigenvalue weighted by Gasteiger charge is -2.10. The summed E-state index contributed by atoms with van der Waals surface area (Å²) in [7, 11) is -4.29. The fraction of sp³-hybridized carbons (Fsp3) is 0.154.